The minimum atomic E-state index is -1.12. The third-order valence-corrected chi connectivity index (χ3v) is 8.02. The van der Waals surface area contributed by atoms with Crippen molar-refractivity contribution in [2.75, 3.05) is 54.9 Å². The molecule has 5 amide bonds. The first-order valence-electron chi connectivity index (χ1n) is 13.2. The quantitative estimate of drug-likeness (QED) is 0.507. The molecule has 0 bridgehead atoms. The van der Waals surface area contributed by atoms with Crippen molar-refractivity contribution in [2.45, 2.75) is 37.8 Å². The highest BCUT2D eigenvalue weighted by Gasteiger charge is 2.50. The van der Waals surface area contributed by atoms with E-state index in [0.29, 0.717) is 30.0 Å². The lowest BCUT2D eigenvalue weighted by Crippen LogP contribution is -2.54. The largest absolute Gasteiger partial charge is 0.476 e. The molecule has 4 aliphatic rings. The third-order valence-electron chi connectivity index (χ3n) is 8.02. The van der Waals surface area contributed by atoms with Crippen molar-refractivity contribution in [3.63, 3.8) is 0 Å². The van der Waals surface area contributed by atoms with Crippen molar-refractivity contribution in [3.8, 4) is 5.75 Å². The van der Waals surface area contributed by atoms with Crippen molar-refractivity contribution in [1.82, 2.24) is 15.5 Å². The number of nitrogens with one attached hydrogen (secondary N) is 3. The molecule has 3 aliphatic heterocycles. The van der Waals surface area contributed by atoms with Crippen LogP contribution in [0.1, 0.15) is 25.0 Å². The summed E-state index contributed by atoms with van der Waals surface area (Å²) in [6.07, 6.45) is 0.751. The molecule has 2 fully saturated rings. The lowest BCUT2D eigenvalue weighted by Gasteiger charge is -2.39. The molecule has 3 heterocycles. The van der Waals surface area contributed by atoms with E-state index < -0.39 is 17.2 Å². The van der Waals surface area contributed by atoms with Gasteiger partial charge in [0.25, 0.3) is 11.8 Å². The molecule has 204 valence electrons. The van der Waals surface area contributed by atoms with Crippen LogP contribution in [0.15, 0.2) is 36.4 Å². The fourth-order valence-corrected chi connectivity index (χ4v) is 5.85. The number of imide groups is 1. The first-order valence-corrected chi connectivity index (χ1v) is 13.2. The van der Waals surface area contributed by atoms with Crippen LogP contribution in [0, 0.1) is 0 Å². The second-order valence-corrected chi connectivity index (χ2v) is 11.3. The molecule has 1 spiro atoms. The highest BCUT2D eigenvalue weighted by molar-refractivity contribution is 6.09. The number of carbonyl (C=O) groups is 4. The second-order valence-electron chi connectivity index (χ2n) is 11.3. The number of rotatable bonds is 4. The van der Waals surface area contributed by atoms with Gasteiger partial charge in [-0.15, -0.1) is 0 Å². The predicted octanol–water partition coefficient (Wildman–Crippen LogP) is 1.26. The van der Waals surface area contributed by atoms with Crippen molar-refractivity contribution in [1.29, 1.82) is 0 Å². The van der Waals surface area contributed by atoms with Crippen molar-refractivity contribution in [3.05, 3.63) is 47.5 Å². The Morgan fingerprint density at radius 1 is 1.00 bits per heavy atom. The van der Waals surface area contributed by atoms with Crippen LogP contribution < -0.4 is 30.5 Å². The Bertz CT molecular complexity index is 1400. The van der Waals surface area contributed by atoms with Crippen molar-refractivity contribution >= 4 is 40.8 Å². The minimum Gasteiger partial charge on any atom is -0.476 e. The van der Waals surface area contributed by atoms with Gasteiger partial charge in [0.1, 0.15) is 17.8 Å². The SMILES string of the molecule is CN1CCN(c2ccc3c(c2)OC(C)(C)C(=O)N3CC(=O)Nc2ccc3c(c2)CC2(C3)NC(=O)NC2=O)CC1. The van der Waals surface area contributed by atoms with Gasteiger partial charge < -0.3 is 25.2 Å². The molecule has 11 heteroatoms. The molecule has 1 atom stereocenters. The van der Waals surface area contributed by atoms with Gasteiger partial charge in [-0.05, 0) is 56.3 Å². The Morgan fingerprint density at radius 3 is 2.46 bits per heavy atom. The normalized spacial score (nSPS) is 23.7. The topological polar surface area (TPSA) is 123 Å². The lowest BCUT2D eigenvalue weighted by atomic mass is 9.96. The Hall–Kier alpha value is -4.12. The highest BCUT2D eigenvalue weighted by atomic mass is 16.5. The van der Waals surface area contributed by atoms with E-state index in [4.69, 9.17) is 4.74 Å². The summed E-state index contributed by atoms with van der Waals surface area (Å²) in [7, 11) is 2.11. The molecule has 0 aromatic heterocycles. The minimum absolute atomic E-state index is 0.175. The van der Waals surface area contributed by atoms with Gasteiger partial charge in [0.05, 0.1) is 5.69 Å². The maximum Gasteiger partial charge on any atom is 0.322 e. The van der Waals surface area contributed by atoms with E-state index in [2.05, 4.69) is 32.8 Å². The van der Waals surface area contributed by atoms with Crippen LogP contribution in [0.4, 0.5) is 21.9 Å². The van der Waals surface area contributed by atoms with E-state index in [9.17, 15) is 19.2 Å². The maximum absolute atomic E-state index is 13.3. The summed E-state index contributed by atoms with van der Waals surface area (Å²) >= 11 is 0. The summed E-state index contributed by atoms with van der Waals surface area (Å²) in [4.78, 5) is 56.6. The first kappa shape index (κ1) is 25.2. The van der Waals surface area contributed by atoms with Gasteiger partial charge in [0, 0.05) is 56.5 Å². The average molecular weight is 533 g/mol. The number of nitrogens with zero attached hydrogens (tertiary/aromatic N) is 3. The molecular weight excluding hydrogens is 500 g/mol. The molecule has 1 aliphatic carbocycles. The number of likely N-dealkylation sites (N-methyl/N-ethyl adjacent to an activating group) is 1. The molecule has 11 nitrogen and oxygen atoms in total. The number of hydrogen-bond donors (Lipinski definition) is 3. The molecule has 6 rings (SSSR count). The van der Waals surface area contributed by atoms with Crippen LogP contribution in [-0.4, -0.2) is 79.6 Å². The predicted molar refractivity (Wildman–Crippen MR) is 145 cm³/mol. The molecule has 2 saturated heterocycles. The monoisotopic (exact) mass is 532 g/mol. The molecular formula is C28H32N6O5. The standard InChI is InChI=1S/C28H32N6O5/c1-27(2)25(37)34(21-7-6-20(13-22(21)39-27)33-10-8-32(3)9-11-33)16-23(35)29-19-5-4-17-14-28(15-18(17)12-19)24(36)30-26(38)31-28/h4-7,12-13H,8-11,14-16H2,1-3H3,(H,29,35)(H2,30,31,36,38). The summed E-state index contributed by atoms with van der Waals surface area (Å²) in [5.41, 5.74) is 1.88. The molecule has 1 unspecified atom stereocenters. The lowest BCUT2D eigenvalue weighted by molar-refractivity contribution is -0.133. The fraction of sp³-hybridized carbons (Fsp3) is 0.429. The van der Waals surface area contributed by atoms with Crippen LogP contribution in [0.3, 0.4) is 0 Å². The van der Waals surface area contributed by atoms with E-state index in [1.165, 1.54) is 4.90 Å². The van der Waals surface area contributed by atoms with Gasteiger partial charge in [0.2, 0.25) is 5.91 Å². The average Bonchev–Trinajstić information content (AvgIpc) is 3.38. The number of amides is 5. The van der Waals surface area contributed by atoms with Crippen LogP contribution in [0.2, 0.25) is 0 Å². The van der Waals surface area contributed by atoms with E-state index in [-0.39, 0.29) is 24.3 Å². The summed E-state index contributed by atoms with van der Waals surface area (Å²) in [5.74, 6) is -0.410. The van der Waals surface area contributed by atoms with Gasteiger partial charge in [-0.25, -0.2) is 4.79 Å². The summed E-state index contributed by atoms with van der Waals surface area (Å²) in [6.45, 7) is 7.00. The number of urea groups is 1. The number of piperazine rings is 1. The first-order chi connectivity index (χ1) is 18.5. The van der Waals surface area contributed by atoms with Crippen LogP contribution in [-0.2, 0) is 27.2 Å². The van der Waals surface area contributed by atoms with Crippen LogP contribution in [0.25, 0.3) is 0 Å². The molecule has 0 radical (unpaired) electrons. The molecule has 2 aromatic carbocycles. The van der Waals surface area contributed by atoms with Gasteiger partial charge >= 0.3 is 6.03 Å². The Morgan fingerprint density at radius 2 is 1.74 bits per heavy atom. The Labute approximate surface area is 226 Å². The molecule has 2 aromatic rings. The van der Waals surface area contributed by atoms with Gasteiger partial charge in [-0.2, -0.15) is 0 Å². The molecule has 39 heavy (non-hydrogen) atoms. The summed E-state index contributed by atoms with van der Waals surface area (Å²) in [6, 6.07) is 10.7. The fourth-order valence-electron chi connectivity index (χ4n) is 5.85. The van der Waals surface area contributed by atoms with Gasteiger partial charge in [0.15, 0.2) is 5.60 Å². The second kappa shape index (κ2) is 8.98. The zero-order valence-corrected chi connectivity index (χ0v) is 22.3. The number of carbonyl (C=O) groups excluding carboxylic acids is 4. The zero-order valence-electron chi connectivity index (χ0n) is 22.3. The van der Waals surface area contributed by atoms with Gasteiger partial charge in [-0.3, -0.25) is 24.6 Å². The number of ether oxygens (including phenoxy) is 1. The highest BCUT2D eigenvalue weighted by Crippen LogP contribution is 2.40. The Balaban J connectivity index is 1.18. The van der Waals surface area contributed by atoms with Crippen molar-refractivity contribution < 1.29 is 23.9 Å². The van der Waals surface area contributed by atoms with E-state index in [1.807, 2.05) is 30.3 Å². The maximum atomic E-state index is 13.3. The molecule has 0 saturated carbocycles. The third kappa shape index (κ3) is 4.46. The smallest absolute Gasteiger partial charge is 0.322 e. The molecule has 3 N–H and O–H groups in total. The van der Waals surface area contributed by atoms with Crippen LogP contribution >= 0.6 is 0 Å². The van der Waals surface area contributed by atoms with E-state index >= 15 is 0 Å². The van der Waals surface area contributed by atoms with Crippen LogP contribution in [0.5, 0.6) is 5.75 Å². The van der Waals surface area contributed by atoms with Crippen molar-refractivity contribution in [2.24, 2.45) is 0 Å². The van der Waals surface area contributed by atoms with Gasteiger partial charge in [-0.1, -0.05) is 6.07 Å². The van der Waals surface area contributed by atoms with E-state index in [1.54, 1.807) is 19.9 Å². The summed E-state index contributed by atoms with van der Waals surface area (Å²) in [5, 5.41) is 7.94. The summed E-state index contributed by atoms with van der Waals surface area (Å²) < 4.78 is 6.10. The number of anilines is 3. The Kier molecular flexibility index (Phi) is 5.79. The number of hydrogen-bond acceptors (Lipinski definition) is 7. The number of benzene rings is 2. The van der Waals surface area contributed by atoms with E-state index in [0.717, 1.165) is 43.0 Å². The zero-order chi connectivity index (χ0) is 27.5. The number of fused-ring (bicyclic) bond motifs is 2.